The number of rotatable bonds is 2. The van der Waals surface area contributed by atoms with Crippen LogP contribution in [0.2, 0.25) is 0 Å². The Balaban J connectivity index is 1.93. The molecule has 1 N–H and O–H groups in total. The third-order valence-electron chi connectivity index (χ3n) is 3.16. The first-order chi connectivity index (χ1) is 6.97. The molecule has 0 aromatic carbocycles. The lowest BCUT2D eigenvalue weighted by Gasteiger charge is -2.24. The predicted octanol–water partition coefficient (Wildman–Crippen LogP) is 1.72. The quantitative estimate of drug-likeness (QED) is 0.707. The fraction of sp³-hybridized carbons (Fsp3) is 0.917. The van der Waals surface area contributed by atoms with Crippen LogP contribution in [-0.2, 0) is 9.53 Å². The number of hydrogen-bond donors (Lipinski definition) is 1. The van der Waals surface area contributed by atoms with Crippen molar-refractivity contribution in [2.24, 2.45) is 11.8 Å². The summed E-state index contributed by atoms with van der Waals surface area (Å²) < 4.78 is 5.43. The summed E-state index contributed by atoms with van der Waals surface area (Å²) in [5, 5.41) is 3.28. The SMILES string of the molecule is CC(C)(C)OC(=O)C1NCCC1C1CC1. The average Bonchev–Trinajstić information content (AvgIpc) is 2.80. The molecule has 1 heterocycles. The van der Waals surface area contributed by atoms with Crippen LogP contribution in [0.3, 0.4) is 0 Å². The number of carbonyl (C=O) groups is 1. The van der Waals surface area contributed by atoms with E-state index >= 15 is 0 Å². The van der Waals surface area contributed by atoms with Crippen LogP contribution in [0.15, 0.2) is 0 Å². The van der Waals surface area contributed by atoms with Gasteiger partial charge in [-0.05, 0) is 58.4 Å². The first kappa shape index (κ1) is 10.9. The molecule has 2 aliphatic rings. The fourth-order valence-corrected chi connectivity index (χ4v) is 2.38. The van der Waals surface area contributed by atoms with E-state index in [0.717, 1.165) is 18.9 Å². The van der Waals surface area contributed by atoms with Crippen LogP contribution in [0.4, 0.5) is 0 Å². The van der Waals surface area contributed by atoms with Crippen molar-refractivity contribution in [1.82, 2.24) is 5.32 Å². The number of carbonyl (C=O) groups excluding carboxylic acids is 1. The van der Waals surface area contributed by atoms with E-state index in [0.29, 0.717) is 5.92 Å². The number of hydrogen-bond acceptors (Lipinski definition) is 3. The van der Waals surface area contributed by atoms with Gasteiger partial charge in [0.15, 0.2) is 0 Å². The second kappa shape index (κ2) is 3.78. The molecule has 1 aliphatic heterocycles. The number of nitrogens with one attached hydrogen (secondary N) is 1. The van der Waals surface area contributed by atoms with Crippen molar-refractivity contribution < 1.29 is 9.53 Å². The van der Waals surface area contributed by atoms with Crippen LogP contribution < -0.4 is 5.32 Å². The summed E-state index contributed by atoms with van der Waals surface area (Å²) >= 11 is 0. The molecular formula is C12H21NO2. The largest absolute Gasteiger partial charge is 0.459 e. The molecule has 2 atom stereocenters. The second-order valence-electron chi connectivity index (χ2n) is 5.76. The van der Waals surface area contributed by atoms with E-state index in [1.807, 2.05) is 20.8 Å². The molecule has 0 radical (unpaired) electrons. The van der Waals surface area contributed by atoms with Crippen molar-refractivity contribution in [3.8, 4) is 0 Å². The van der Waals surface area contributed by atoms with E-state index in [1.165, 1.54) is 12.8 Å². The third-order valence-corrected chi connectivity index (χ3v) is 3.16. The van der Waals surface area contributed by atoms with Crippen LogP contribution in [0, 0.1) is 11.8 Å². The Bertz CT molecular complexity index is 253. The van der Waals surface area contributed by atoms with E-state index < -0.39 is 0 Å². The highest BCUT2D eigenvalue weighted by Gasteiger charge is 2.43. The van der Waals surface area contributed by atoms with Crippen LogP contribution >= 0.6 is 0 Å². The van der Waals surface area contributed by atoms with Crippen molar-refractivity contribution in [2.75, 3.05) is 6.54 Å². The first-order valence-electron chi connectivity index (χ1n) is 5.93. The highest BCUT2D eigenvalue weighted by molar-refractivity contribution is 5.77. The molecule has 86 valence electrons. The standard InChI is InChI=1S/C12H21NO2/c1-12(2,3)15-11(14)10-9(6-7-13-10)8-4-5-8/h8-10,13H,4-7H2,1-3H3. The van der Waals surface area contributed by atoms with Gasteiger partial charge in [0.05, 0.1) is 0 Å². The monoisotopic (exact) mass is 211 g/mol. The van der Waals surface area contributed by atoms with Crippen LogP contribution in [-0.4, -0.2) is 24.2 Å². The molecule has 1 saturated heterocycles. The maximum Gasteiger partial charge on any atom is 0.323 e. The summed E-state index contributed by atoms with van der Waals surface area (Å²) in [6.07, 6.45) is 3.73. The first-order valence-corrected chi connectivity index (χ1v) is 5.93. The molecule has 2 rings (SSSR count). The zero-order valence-corrected chi connectivity index (χ0v) is 9.88. The predicted molar refractivity (Wildman–Crippen MR) is 58.5 cm³/mol. The summed E-state index contributed by atoms with van der Waals surface area (Å²) in [7, 11) is 0. The van der Waals surface area contributed by atoms with E-state index in [9.17, 15) is 4.79 Å². The molecule has 2 unspecified atom stereocenters. The maximum absolute atomic E-state index is 11.9. The summed E-state index contributed by atoms with van der Waals surface area (Å²) in [5.41, 5.74) is -0.366. The lowest BCUT2D eigenvalue weighted by Crippen LogP contribution is -2.41. The summed E-state index contributed by atoms with van der Waals surface area (Å²) in [6.45, 7) is 6.73. The minimum atomic E-state index is -0.366. The lowest BCUT2D eigenvalue weighted by atomic mass is 9.95. The van der Waals surface area contributed by atoms with E-state index in [1.54, 1.807) is 0 Å². The summed E-state index contributed by atoms with van der Waals surface area (Å²) in [4.78, 5) is 11.9. The van der Waals surface area contributed by atoms with E-state index in [4.69, 9.17) is 4.74 Å². The molecule has 0 aromatic heterocycles. The van der Waals surface area contributed by atoms with Gasteiger partial charge in [-0.2, -0.15) is 0 Å². The molecule has 15 heavy (non-hydrogen) atoms. The molecule has 0 spiro atoms. The molecule has 1 aliphatic carbocycles. The van der Waals surface area contributed by atoms with E-state index in [-0.39, 0.29) is 17.6 Å². The Hall–Kier alpha value is -0.570. The Kier molecular flexibility index (Phi) is 2.75. The number of esters is 1. The van der Waals surface area contributed by atoms with Gasteiger partial charge in [0.25, 0.3) is 0 Å². The maximum atomic E-state index is 11.9. The minimum absolute atomic E-state index is 0.0447. The topological polar surface area (TPSA) is 38.3 Å². The van der Waals surface area contributed by atoms with Crippen molar-refractivity contribution in [1.29, 1.82) is 0 Å². The molecule has 2 fully saturated rings. The third kappa shape index (κ3) is 2.71. The normalized spacial score (nSPS) is 31.7. The smallest absolute Gasteiger partial charge is 0.323 e. The van der Waals surface area contributed by atoms with Gasteiger partial charge >= 0.3 is 5.97 Å². The Labute approximate surface area is 91.6 Å². The van der Waals surface area contributed by atoms with Gasteiger partial charge in [-0.1, -0.05) is 0 Å². The van der Waals surface area contributed by atoms with Crippen molar-refractivity contribution >= 4 is 5.97 Å². The van der Waals surface area contributed by atoms with E-state index in [2.05, 4.69) is 5.32 Å². The second-order valence-corrected chi connectivity index (χ2v) is 5.76. The highest BCUT2D eigenvalue weighted by Crippen LogP contribution is 2.42. The van der Waals surface area contributed by atoms with Gasteiger partial charge in [0, 0.05) is 0 Å². The average molecular weight is 211 g/mol. The number of ether oxygens (including phenoxy) is 1. The molecule has 1 saturated carbocycles. The minimum Gasteiger partial charge on any atom is -0.459 e. The molecule has 0 amide bonds. The van der Waals surface area contributed by atoms with Gasteiger partial charge in [-0.3, -0.25) is 4.79 Å². The van der Waals surface area contributed by atoms with Gasteiger partial charge in [0.1, 0.15) is 11.6 Å². The molecule has 3 heteroatoms. The van der Waals surface area contributed by atoms with Gasteiger partial charge in [-0.15, -0.1) is 0 Å². The van der Waals surface area contributed by atoms with Crippen LogP contribution in [0.5, 0.6) is 0 Å². The van der Waals surface area contributed by atoms with Gasteiger partial charge in [-0.25, -0.2) is 0 Å². The summed E-state index contributed by atoms with van der Waals surface area (Å²) in [6, 6.07) is -0.0447. The lowest BCUT2D eigenvalue weighted by molar-refractivity contribution is -0.158. The van der Waals surface area contributed by atoms with Crippen LogP contribution in [0.1, 0.15) is 40.0 Å². The van der Waals surface area contributed by atoms with Crippen molar-refractivity contribution in [2.45, 2.75) is 51.7 Å². The highest BCUT2D eigenvalue weighted by atomic mass is 16.6. The van der Waals surface area contributed by atoms with Crippen LogP contribution in [0.25, 0.3) is 0 Å². The fourth-order valence-electron chi connectivity index (χ4n) is 2.38. The Morgan fingerprint density at radius 2 is 1.93 bits per heavy atom. The summed E-state index contributed by atoms with van der Waals surface area (Å²) in [5.74, 6) is 1.24. The van der Waals surface area contributed by atoms with Crippen molar-refractivity contribution in [3.63, 3.8) is 0 Å². The van der Waals surface area contributed by atoms with Gasteiger partial charge in [0.2, 0.25) is 0 Å². The molecule has 0 bridgehead atoms. The zero-order chi connectivity index (χ0) is 11.1. The Morgan fingerprint density at radius 3 is 2.47 bits per heavy atom. The molecule has 0 aromatic rings. The zero-order valence-electron chi connectivity index (χ0n) is 9.88. The Morgan fingerprint density at radius 1 is 1.27 bits per heavy atom. The molecule has 3 nitrogen and oxygen atoms in total. The van der Waals surface area contributed by atoms with Crippen molar-refractivity contribution in [3.05, 3.63) is 0 Å². The molecular weight excluding hydrogens is 190 g/mol. The van der Waals surface area contributed by atoms with Gasteiger partial charge < -0.3 is 10.1 Å².